The van der Waals surface area contributed by atoms with E-state index in [1.165, 1.54) is 6.07 Å². The van der Waals surface area contributed by atoms with Crippen molar-refractivity contribution in [2.45, 2.75) is 18.6 Å². The first kappa shape index (κ1) is 12.1. The van der Waals surface area contributed by atoms with Gasteiger partial charge in [-0.1, -0.05) is 0 Å². The summed E-state index contributed by atoms with van der Waals surface area (Å²) < 4.78 is 21.1. The molecule has 0 bridgehead atoms. The Kier molecular flexibility index (Phi) is 2.65. The summed E-state index contributed by atoms with van der Waals surface area (Å²) in [6, 6.07) is 4.71. The molecule has 1 aromatic heterocycles. The number of benzene rings is 1. The van der Waals surface area contributed by atoms with E-state index >= 15 is 0 Å². The van der Waals surface area contributed by atoms with Crippen LogP contribution in [0.1, 0.15) is 18.0 Å². The Morgan fingerprint density at radius 3 is 3.15 bits per heavy atom. The van der Waals surface area contributed by atoms with Crippen molar-refractivity contribution in [3.8, 4) is 11.3 Å². The number of halogens is 1. The SMILES string of the molecule is O[C@@H]1CCOC[C@H]1[C@@H]1c2cc(F)ccc2-c2cncn21. The third-order valence-electron chi connectivity index (χ3n) is 4.34. The number of aliphatic hydroxyl groups is 1. The van der Waals surface area contributed by atoms with Crippen LogP contribution in [0.5, 0.6) is 0 Å². The van der Waals surface area contributed by atoms with Gasteiger partial charge in [-0.05, 0) is 30.2 Å². The number of fused-ring (bicyclic) bond motifs is 3. The maximum atomic E-state index is 13.6. The van der Waals surface area contributed by atoms with E-state index in [4.69, 9.17) is 4.74 Å². The van der Waals surface area contributed by atoms with Crippen LogP contribution < -0.4 is 0 Å². The fourth-order valence-corrected chi connectivity index (χ4v) is 3.38. The van der Waals surface area contributed by atoms with Crippen LogP contribution in [0.4, 0.5) is 4.39 Å². The summed E-state index contributed by atoms with van der Waals surface area (Å²) in [7, 11) is 0. The highest BCUT2D eigenvalue weighted by atomic mass is 19.1. The lowest BCUT2D eigenvalue weighted by atomic mass is 9.86. The van der Waals surface area contributed by atoms with Gasteiger partial charge in [0.15, 0.2) is 0 Å². The van der Waals surface area contributed by atoms with E-state index in [0.717, 1.165) is 16.8 Å². The van der Waals surface area contributed by atoms with Gasteiger partial charge in [-0.3, -0.25) is 0 Å². The number of ether oxygens (including phenoxy) is 1. The zero-order valence-corrected chi connectivity index (χ0v) is 10.9. The first-order valence-corrected chi connectivity index (χ1v) is 6.83. The number of hydrogen-bond donors (Lipinski definition) is 1. The van der Waals surface area contributed by atoms with E-state index in [9.17, 15) is 9.50 Å². The summed E-state index contributed by atoms with van der Waals surface area (Å²) in [5.74, 6) is -0.321. The highest BCUT2D eigenvalue weighted by Crippen LogP contribution is 2.45. The minimum atomic E-state index is -0.432. The smallest absolute Gasteiger partial charge is 0.123 e. The Balaban J connectivity index is 1.85. The molecule has 5 heteroatoms. The molecule has 1 N–H and O–H groups in total. The number of aliphatic hydroxyl groups excluding tert-OH is 1. The standard InChI is InChI=1S/C15H15FN2O2/c16-9-1-2-10-11(5-9)15(18-8-17-6-13(10)18)12-7-20-4-3-14(12)19/h1-2,5-6,8,12,14-15,19H,3-4,7H2/t12-,14-,15+/m1/s1. The predicted molar refractivity (Wildman–Crippen MR) is 70.7 cm³/mol. The fourth-order valence-electron chi connectivity index (χ4n) is 3.38. The lowest BCUT2D eigenvalue weighted by Crippen LogP contribution is -2.37. The molecule has 0 unspecified atom stereocenters. The van der Waals surface area contributed by atoms with Crippen molar-refractivity contribution in [3.63, 3.8) is 0 Å². The van der Waals surface area contributed by atoms with Crippen LogP contribution in [0, 0.1) is 11.7 Å². The molecule has 4 rings (SSSR count). The molecule has 0 saturated carbocycles. The van der Waals surface area contributed by atoms with Crippen molar-refractivity contribution in [3.05, 3.63) is 42.1 Å². The molecule has 1 saturated heterocycles. The maximum Gasteiger partial charge on any atom is 0.123 e. The van der Waals surface area contributed by atoms with Gasteiger partial charge in [-0.2, -0.15) is 0 Å². The second-order valence-corrected chi connectivity index (χ2v) is 5.46. The van der Waals surface area contributed by atoms with Crippen molar-refractivity contribution in [1.29, 1.82) is 0 Å². The van der Waals surface area contributed by atoms with Crippen molar-refractivity contribution in [2.75, 3.05) is 13.2 Å². The Labute approximate surface area is 115 Å². The van der Waals surface area contributed by atoms with Gasteiger partial charge in [0.05, 0.1) is 37.0 Å². The van der Waals surface area contributed by atoms with Gasteiger partial charge < -0.3 is 14.4 Å². The number of aromatic nitrogens is 2. The summed E-state index contributed by atoms with van der Waals surface area (Å²) >= 11 is 0. The molecule has 20 heavy (non-hydrogen) atoms. The summed E-state index contributed by atoms with van der Waals surface area (Å²) in [5, 5.41) is 10.3. The van der Waals surface area contributed by atoms with E-state index in [0.29, 0.717) is 19.6 Å². The van der Waals surface area contributed by atoms with E-state index in [1.807, 2.05) is 4.57 Å². The minimum Gasteiger partial charge on any atom is -0.393 e. The zero-order valence-electron chi connectivity index (χ0n) is 10.9. The number of nitrogens with zero attached hydrogens (tertiary/aromatic N) is 2. The van der Waals surface area contributed by atoms with Gasteiger partial charge in [0, 0.05) is 18.1 Å². The Hall–Kier alpha value is -1.72. The Bertz CT molecular complexity index is 655. The lowest BCUT2D eigenvalue weighted by Gasteiger charge is -2.33. The number of rotatable bonds is 1. The third kappa shape index (κ3) is 1.63. The predicted octanol–water partition coefficient (Wildman–Crippen LogP) is 1.99. The number of imidazole rings is 1. The fraction of sp³-hybridized carbons (Fsp3) is 0.400. The minimum absolute atomic E-state index is 0.0697. The Morgan fingerprint density at radius 2 is 2.30 bits per heavy atom. The van der Waals surface area contributed by atoms with Crippen LogP contribution in [0.15, 0.2) is 30.7 Å². The van der Waals surface area contributed by atoms with Gasteiger partial charge in [0.1, 0.15) is 5.82 Å². The van der Waals surface area contributed by atoms with E-state index in [-0.39, 0.29) is 17.8 Å². The normalized spacial score (nSPS) is 28.2. The first-order valence-electron chi connectivity index (χ1n) is 6.83. The van der Waals surface area contributed by atoms with Crippen molar-refractivity contribution in [1.82, 2.24) is 9.55 Å². The quantitative estimate of drug-likeness (QED) is 0.865. The third-order valence-corrected chi connectivity index (χ3v) is 4.34. The average Bonchev–Trinajstić information content (AvgIpc) is 3.00. The maximum absolute atomic E-state index is 13.6. The van der Waals surface area contributed by atoms with Crippen LogP contribution in [-0.2, 0) is 4.74 Å². The molecule has 0 aliphatic carbocycles. The van der Waals surface area contributed by atoms with Crippen LogP contribution >= 0.6 is 0 Å². The zero-order chi connectivity index (χ0) is 13.7. The van der Waals surface area contributed by atoms with Gasteiger partial charge in [-0.15, -0.1) is 0 Å². The molecule has 1 fully saturated rings. The summed E-state index contributed by atoms with van der Waals surface area (Å²) in [6.07, 6.45) is 3.72. The largest absolute Gasteiger partial charge is 0.393 e. The van der Waals surface area contributed by atoms with Gasteiger partial charge in [0.25, 0.3) is 0 Å². The van der Waals surface area contributed by atoms with Gasteiger partial charge in [-0.25, -0.2) is 9.37 Å². The van der Waals surface area contributed by atoms with Crippen LogP contribution in [0.2, 0.25) is 0 Å². The van der Waals surface area contributed by atoms with E-state index < -0.39 is 6.10 Å². The molecule has 3 heterocycles. The van der Waals surface area contributed by atoms with Crippen LogP contribution in [0.3, 0.4) is 0 Å². The molecule has 0 radical (unpaired) electrons. The molecule has 4 nitrogen and oxygen atoms in total. The molecular weight excluding hydrogens is 259 g/mol. The summed E-state index contributed by atoms with van der Waals surface area (Å²) in [5.41, 5.74) is 2.88. The van der Waals surface area contributed by atoms with Crippen LogP contribution in [-0.4, -0.2) is 34.0 Å². The topological polar surface area (TPSA) is 47.3 Å². The summed E-state index contributed by atoms with van der Waals surface area (Å²) in [6.45, 7) is 1.07. The van der Waals surface area contributed by atoms with Crippen molar-refractivity contribution >= 4 is 0 Å². The number of hydrogen-bond acceptors (Lipinski definition) is 3. The molecule has 1 aromatic carbocycles. The molecule has 2 aromatic rings. The summed E-state index contributed by atoms with van der Waals surface area (Å²) in [4.78, 5) is 4.18. The van der Waals surface area contributed by atoms with Crippen molar-refractivity contribution in [2.24, 2.45) is 5.92 Å². The molecule has 104 valence electrons. The Morgan fingerprint density at radius 1 is 1.40 bits per heavy atom. The molecule has 0 amide bonds. The average molecular weight is 274 g/mol. The monoisotopic (exact) mass is 274 g/mol. The second kappa shape index (κ2) is 4.40. The van der Waals surface area contributed by atoms with Gasteiger partial charge in [0.2, 0.25) is 0 Å². The van der Waals surface area contributed by atoms with Crippen molar-refractivity contribution < 1.29 is 14.2 Å². The molecule has 3 atom stereocenters. The van der Waals surface area contributed by atoms with E-state index in [2.05, 4.69) is 4.98 Å². The highest BCUT2D eigenvalue weighted by molar-refractivity contribution is 5.69. The molecule has 2 aliphatic heterocycles. The molecule has 0 spiro atoms. The molecule has 2 aliphatic rings. The lowest BCUT2D eigenvalue weighted by molar-refractivity contribution is -0.0481. The highest BCUT2D eigenvalue weighted by Gasteiger charge is 2.39. The van der Waals surface area contributed by atoms with E-state index in [1.54, 1.807) is 24.7 Å². The van der Waals surface area contributed by atoms with Crippen LogP contribution in [0.25, 0.3) is 11.3 Å². The second-order valence-electron chi connectivity index (χ2n) is 5.46. The molecular formula is C15H15FN2O2. The van der Waals surface area contributed by atoms with Gasteiger partial charge >= 0.3 is 0 Å². The first-order chi connectivity index (χ1) is 9.75.